The minimum atomic E-state index is -0.189. The van der Waals surface area contributed by atoms with Crippen molar-refractivity contribution in [3.05, 3.63) is 51.6 Å². The molecule has 2 heterocycles. The van der Waals surface area contributed by atoms with Crippen molar-refractivity contribution in [2.75, 3.05) is 0 Å². The molecular formula is C24H35N6O+. The topological polar surface area (TPSA) is 80.9 Å². The molecule has 1 aliphatic carbocycles. The number of aromatic amines is 1. The maximum Gasteiger partial charge on any atom is 0.257 e. The van der Waals surface area contributed by atoms with E-state index >= 15 is 0 Å². The molecule has 1 saturated carbocycles. The number of quaternary nitrogens is 1. The second-order valence-corrected chi connectivity index (χ2v) is 10.0. The third-order valence-electron chi connectivity index (χ3n) is 6.65. The number of nitrogens with zero attached hydrogens (tertiary/aromatic N) is 4. The summed E-state index contributed by atoms with van der Waals surface area (Å²) >= 11 is 0. The van der Waals surface area contributed by atoms with Gasteiger partial charge in [-0.1, -0.05) is 19.1 Å². The molecule has 0 amide bonds. The van der Waals surface area contributed by atoms with Crippen molar-refractivity contribution in [2.24, 2.45) is 0 Å². The van der Waals surface area contributed by atoms with Crippen LogP contribution in [0.15, 0.2) is 29.1 Å². The van der Waals surface area contributed by atoms with Gasteiger partial charge in [0, 0.05) is 11.9 Å². The number of hydrogen-bond acceptors (Lipinski definition) is 4. The number of H-pyrrole nitrogens is 1. The number of nitrogens with one attached hydrogen (secondary N) is 2. The van der Waals surface area contributed by atoms with Gasteiger partial charge in [-0.3, -0.25) is 4.79 Å². The van der Waals surface area contributed by atoms with Crippen molar-refractivity contribution in [1.29, 1.82) is 0 Å². The number of rotatable bonds is 6. The lowest BCUT2D eigenvalue weighted by atomic mass is 10.0. The molecule has 1 fully saturated rings. The number of hydrogen-bond donors (Lipinski definition) is 2. The largest absolute Gasteiger partial charge is 0.322 e. The molecule has 0 bridgehead atoms. The minimum absolute atomic E-state index is 0.0128. The van der Waals surface area contributed by atoms with Gasteiger partial charge in [-0.25, -0.2) is 4.68 Å². The molecule has 1 unspecified atom stereocenters. The predicted octanol–water partition coefficient (Wildman–Crippen LogP) is 3.06. The average molecular weight is 424 g/mol. The minimum Gasteiger partial charge on any atom is -0.322 e. The van der Waals surface area contributed by atoms with Gasteiger partial charge < -0.3 is 9.88 Å². The quantitative estimate of drug-likeness (QED) is 0.639. The number of aryl methyl sites for hydroxylation is 1. The van der Waals surface area contributed by atoms with Gasteiger partial charge in [0.05, 0.1) is 17.1 Å². The van der Waals surface area contributed by atoms with Gasteiger partial charge >= 0.3 is 0 Å². The number of benzene rings is 1. The highest BCUT2D eigenvalue weighted by molar-refractivity contribution is 5.79. The summed E-state index contributed by atoms with van der Waals surface area (Å²) in [4.78, 5) is 17.5. The van der Waals surface area contributed by atoms with Crippen molar-refractivity contribution in [3.8, 4) is 0 Å². The molecule has 2 N–H and O–H groups in total. The number of tetrazole rings is 1. The van der Waals surface area contributed by atoms with Crippen molar-refractivity contribution in [3.63, 3.8) is 0 Å². The first-order valence-electron chi connectivity index (χ1n) is 11.5. The van der Waals surface area contributed by atoms with Crippen LogP contribution in [0.4, 0.5) is 0 Å². The van der Waals surface area contributed by atoms with Crippen LogP contribution in [0.25, 0.3) is 10.9 Å². The van der Waals surface area contributed by atoms with E-state index in [9.17, 15) is 4.79 Å². The molecular weight excluding hydrogens is 388 g/mol. The van der Waals surface area contributed by atoms with Gasteiger partial charge in [-0.2, -0.15) is 0 Å². The van der Waals surface area contributed by atoms with Crippen LogP contribution in [0.1, 0.15) is 82.8 Å². The van der Waals surface area contributed by atoms with Crippen molar-refractivity contribution in [2.45, 2.75) is 90.9 Å². The third-order valence-corrected chi connectivity index (χ3v) is 6.65. The summed E-state index contributed by atoms with van der Waals surface area (Å²) in [5, 5.41) is 13.9. The van der Waals surface area contributed by atoms with Crippen LogP contribution in [0.2, 0.25) is 0 Å². The highest BCUT2D eigenvalue weighted by atomic mass is 16.1. The van der Waals surface area contributed by atoms with Crippen LogP contribution < -0.4 is 10.5 Å². The van der Waals surface area contributed by atoms with E-state index in [2.05, 4.69) is 66.4 Å². The first-order chi connectivity index (χ1) is 14.8. The summed E-state index contributed by atoms with van der Waals surface area (Å²) in [6.45, 7) is 11.3. The lowest BCUT2D eigenvalue weighted by molar-refractivity contribution is -0.969. The Kier molecular flexibility index (Phi) is 5.97. The Bertz CT molecular complexity index is 1100. The fourth-order valence-corrected chi connectivity index (χ4v) is 5.06. The SMILES string of the molecule is CC[C@H](c1nnnn1C(C)(C)C)[NH+](Cc1cc2ccc(C)cc2[nH]c1=O)C1CCCC1. The monoisotopic (exact) mass is 423 g/mol. The van der Waals surface area contributed by atoms with E-state index in [0.717, 1.165) is 34.3 Å². The van der Waals surface area contributed by atoms with Crippen LogP contribution in [-0.2, 0) is 12.1 Å². The van der Waals surface area contributed by atoms with E-state index in [0.29, 0.717) is 12.6 Å². The van der Waals surface area contributed by atoms with Crippen LogP contribution in [0.5, 0.6) is 0 Å². The molecule has 3 aromatic rings. The maximum absolute atomic E-state index is 13.0. The fraction of sp³-hybridized carbons (Fsp3) is 0.583. The molecule has 166 valence electrons. The molecule has 0 spiro atoms. The Balaban J connectivity index is 1.75. The molecule has 7 heteroatoms. The Morgan fingerprint density at radius 1 is 1.23 bits per heavy atom. The molecule has 0 saturated heterocycles. The molecule has 31 heavy (non-hydrogen) atoms. The number of fused-ring (bicyclic) bond motifs is 1. The molecule has 7 nitrogen and oxygen atoms in total. The number of pyridine rings is 1. The molecule has 1 aliphatic rings. The van der Waals surface area contributed by atoms with Gasteiger partial charge in [-0.15, -0.1) is 5.10 Å². The molecule has 0 aliphatic heterocycles. The zero-order valence-corrected chi connectivity index (χ0v) is 19.4. The zero-order chi connectivity index (χ0) is 22.2. The van der Waals surface area contributed by atoms with Crippen molar-refractivity contribution < 1.29 is 4.90 Å². The van der Waals surface area contributed by atoms with Gasteiger partial charge in [0.25, 0.3) is 5.56 Å². The number of aromatic nitrogens is 5. The van der Waals surface area contributed by atoms with Gasteiger partial charge in [-0.05, 0) is 86.9 Å². The molecule has 2 aromatic heterocycles. The molecule has 1 aromatic carbocycles. The lowest BCUT2D eigenvalue weighted by Gasteiger charge is -2.33. The summed E-state index contributed by atoms with van der Waals surface area (Å²) in [7, 11) is 0. The first-order valence-corrected chi connectivity index (χ1v) is 11.5. The lowest BCUT2D eigenvalue weighted by Crippen LogP contribution is -3.14. The van der Waals surface area contributed by atoms with E-state index in [4.69, 9.17) is 0 Å². The van der Waals surface area contributed by atoms with E-state index < -0.39 is 0 Å². The van der Waals surface area contributed by atoms with E-state index in [1.54, 1.807) is 0 Å². The average Bonchev–Trinajstić information content (AvgIpc) is 3.40. The van der Waals surface area contributed by atoms with Crippen LogP contribution in [-0.4, -0.2) is 31.2 Å². The Labute approximate surface area is 183 Å². The predicted molar refractivity (Wildman–Crippen MR) is 122 cm³/mol. The molecule has 0 radical (unpaired) electrons. The summed E-state index contributed by atoms with van der Waals surface area (Å²) < 4.78 is 1.96. The zero-order valence-electron chi connectivity index (χ0n) is 19.4. The second-order valence-electron chi connectivity index (χ2n) is 10.0. The van der Waals surface area contributed by atoms with Crippen LogP contribution in [0, 0.1) is 6.92 Å². The van der Waals surface area contributed by atoms with Gasteiger partial charge in [0.2, 0.25) is 5.82 Å². The van der Waals surface area contributed by atoms with Crippen LogP contribution in [0.3, 0.4) is 0 Å². The van der Waals surface area contributed by atoms with E-state index in [1.165, 1.54) is 30.6 Å². The molecule has 2 atom stereocenters. The second kappa shape index (κ2) is 8.54. The Morgan fingerprint density at radius 3 is 2.65 bits per heavy atom. The summed E-state index contributed by atoms with van der Waals surface area (Å²) in [5.74, 6) is 0.921. The van der Waals surface area contributed by atoms with Gasteiger partial charge in [0.15, 0.2) is 0 Å². The standard InChI is InChI=1S/C24H34N6O/c1-6-21(22-26-27-28-30(22)24(3,4)5)29(19-9-7-8-10-19)15-18-14-17-12-11-16(2)13-20(17)25-23(18)31/h11-14,19,21H,6-10,15H2,1-5H3,(H,25,31)/p+1/t21-/m1/s1. The Hall–Kier alpha value is -2.54. The van der Waals surface area contributed by atoms with Crippen LogP contribution >= 0.6 is 0 Å². The van der Waals surface area contributed by atoms with Crippen molar-refractivity contribution >= 4 is 10.9 Å². The van der Waals surface area contributed by atoms with E-state index in [-0.39, 0.29) is 17.1 Å². The summed E-state index contributed by atoms with van der Waals surface area (Å²) in [6.07, 6.45) is 5.80. The summed E-state index contributed by atoms with van der Waals surface area (Å²) in [5.41, 5.74) is 2.71. The summed E-state index contributed by atoms with van der Waals surface area (Å²) in [6, 6.07) is 8.96. The molecule has 4 rings (SSSR count). The first kappa shape index (κ1) is 21.7. The highest BCUT2D eigenvalue weighted by Crippen LogP contribution is 2.23. The van der Waals surface area contributed by atoms with E-state index in [1.807, 2.05) is 17.7 Å². The normalized spacial score (nSPS) is 17.3. The smallest absolute Gasteiger partial charge is 0.257 e. The Morgan fingerprint density at radius 2 is 1.97 bits per heavy atom. The fourth-order valence-electron chi connectivity index (χ4n) is 5.06. The van der Waals surface area contributed by atoms with Crippen molar-refractivity contribution in [1.82, 2.24) is 25.2 Å². The highest BCUT2D eigenvalue weighted by Gasteiger charge is 2.37. The third kappa shape index (κ3) is 4.42. The van der Waals surface area contributed by atoms with Gasteiger partial charge in [0.1, 0.15) is 12.6 Å². The maximum atomic E-state index is 13.0.